The molecule has 0 saturated heterocycles. The Morgan fingerprint density at radius 1 is 1.21 bits per heavy atom. The quantitative estimate of drug-likeness (QED) is 0.781. The van der Waals surface area contributed by atoms with Crippen LogP contribution in [0.1, 0.15) is 32.1 Å². The molecule has 3 rings (SSSR count). The summed E-state index contributed by atoms with van der Waals surface area (Å²) in [7, 11) is 3.88. The lowest BCUT2D eigenvalue weighted by Gasteiger charge is -2.31. The predicted molar refractivity (Wildman–Crippen MR) is 96.8 cm³/mol. The molecule has 5 nitrogen and oxygen atoms in total. The summed E-state index contributed by atoms with van der Waals surface area (Å²) in [5.74, 6) is 1.41. The van der Waals surface area contributed by atoms with E-state index >= 15 is 0 Å². The lowest BCUT2D eigenvalue weighted by atomic mass is 9.94. The van der Waals surface area contributed by atoms with E-state index in [4.69, 9.17) is 0 Å². The minimum absolute atomic E-state index is 0.177. The number of carbonyl (C=O) groups excluding carboxylic acids is 1. The van der Waals surface area contributed by atoms with Gasteiger partial charge in [0, 0.05) is 25.7 Å². The van der Waals surface area contributed by atoms with Gasteiger partial charge >= 0.3 is 0 Å². The molecule has 0 bridgehead atoms. The van der Waals surface area contributed by atoms with Crippen LogP contribution in [0.3, 0.4) is 0 Å². The number of hydrogen-bond acceptors (Lipinski definition) is 4. The smallest absolute Gasteiger partial charge is 0.233 e. The molecule has 1 saturated carbocycles. The molecule has 0 radical (unpaired) electrons. The summed E-state index contributed by atoms with van der Waals surface area (Å²) in [5.41, 5.74) is 1.03. The van der Waals surface area contributed by atoms with E-state index in [2.05, 4.69) is 10.2 Å². The Balaban J connectivity index is 1.60. The summed E-state index contributed by atoms with van der Waals surface area (Å²) in [6.07, 6.45) is 6.04. The zero-order chi connectivity index (χ0) is 16.9. The normalized spacial score (nSPS) is 15.4. The van der Waals surface area contributed by atoms with E-state index in [0.29, 0.717) is 11.8 Å². The standard InChI is InChI=1S/C18H24N4OS/c1-21(15-11-7-4-8-12-15)16(23)13-24-18-20-19-17(22(18)2)14-9-5-3-6-10-14/h3,5-6,9-10,15H,4,7-8,11-13H2,1-2H3. The third kappa shape index (κ3) is 3.80. The SMILES string of the molecule is CN(C(=O)CSc1nnc(-c2ccccc2)n1C)C1CCCCC1. The Kier molecular flexibility index (Phi) is 5.56. The first kappa shape index (κ1) is 17.0. The molecule has 6 heteroatoms. The summed E-state index contributed by atoms with van der Waals surface area (Å²) >= 11 is 1.46. The van der Waals surface area contributed by atoms with Crippen molar-refractivity contribution in [3.05, 3.63) is 30.3 Å². The van der Waals surface area contributed by atoms with Crippen LogP contribution in [0.25, 0.3) is 11.4 Å². The van der Waals surface area contributed by atoms with Gasteiger partial charge in [0.25, 0.3) is 0 Å². The van der Waals surface area contributed by atoms with Crippen molar-refractivity contribution in [2.24, 2.45) is 7.05 Å². The van der Waals surface area contributed by atoms with Crippen LogP contribution in [0.5, 0.6) is 0 Å². The minimum Gasteiger partial charge on any atom is -0.342 e. The van der Waals surface area contributed by atoms with Crippen LogP contribution in [0, 0.1) is 0 Å². The number of hydrogen-bond donors (Lipinski definition) is 0. The Morgan fingerprint density at radius 3 is 2.62 bits per heavy atom. The van der Waals surface area contributed by atoms with Crippen molar-refractivity contribution >= 4 is 17.7 Å². The molecule has 0 unspecified atom stereocenters. The number of benzene rings is 1. The van der Waals surface area contributed by atoms with Gasteiger partial charge in [-0.25, -0.2) is 0 Å². The van der Waals surface area contributed by atoms with Gasteiger partial charge in [-0.2, -0.15) is 0 Å². The van der Waals surface area contributed by atoms with Crippen LogP contribution in [-0.4, -0.2) is 44.4 Å². The Morgan fingerprint density at radius 2 is 1.92 bits per heavy atom. The van der Waals surface area contributed by atoms with Crippen LogP contribution in [-0.2, 0) is 11.8 Å². The van der Waals surface area contributed by atoms with Gasteiger partial charge in [-0.15, -0.1) is 10.2 Å². The van der Waals surface area contributed by atoms with Gasteiger partial charge in [0.2, 0.25) is 5.91 Å². The molecule has 0 N–H and O–H groups in total. The highest BCUT2D eigenvalue weighted by molar-refractivity contribution is 7.99. The molecule has 1 aliphatic rings. The molecule has 1 fully saturated rings. The first-order valence-corrected chi connectivity index (χ1v) is 9.48. The molecule has 0 aliphatic heterocycles. The molecule has 1 amide bonds. The summed E-state index contributed by atoms with van der Waals surface area (Å²) in [5, 5.41) is 9.28. The second-order valence-corrected chi connectivity index (χ2v) is 7.26. The molecule has 1 heterocycles. The molecular formula is C18H24N4OS. The van der Waals surface area contributed by atoms with E-state index in [9.17, 15) is 4.79 Å². The van der Waals surface area contributed by atoms with E-state index in [1.54, 1.807) is 0 Å². The van der Waals surface area contributed by atoms with Crippen molar-refractivity contribution in [1.82, 2.24) is 19.7 Å². The molecule has 0 atom stereocenters. The van der Waals surface area contributed by atoms with Gasteiger partial charge in [-0.1, -0.05) is 61.4 Å². The number of rotatable bonds is 5. The molecular weight excluding hydrogens is 320 g/mol. The summed E-state index contributed by atoms with van der Waals surface area (Å²) in [6, 6.07) is 10.4. The molecule has 24 heavy (non-hydrogen) atoms. The predicted octanol–water partition coefficient (Wildman–Crippen LogP) is 3.37. The maximum absolute atomic E-state index is 12.5. The lowest BCUT2D eigenvalue weighted by Crippen LogP contribution is -2.39. The van der Waals surface area contributed by atoms with E-state index in [0.717, 1.165) is 29.4 Å². The maximum atomic E-state index is 12.5. The fourth-order valence-electron chi connectivity index (χ4n) is 3.18. The van der Waals surface area contributed by atoms with Gasteiger partial charge in [0.1, 0.15) is 0 Å². The summed E-state index contributed by atoms with van der Waals surface area (Å²) < 4.78 is 1.95. The van der Waals surface area contributed by atoms with E-state index in [1.807, 2.05) is 53.9 Å². The summed E-state index contributed by atoms with van der Waals surface area (Å²) in [6.45, 7) is 0. The highest BCUT2D eigenvalue weighted by atomic mass is 32.2. The third-order valence-electron chi connectivity index (χ3n) is 4.71. The largest absolute Gasteiger partial charge is 0.342 e. The van der Waals surface area contributed by atoms with E-state index < -0.39 is 0 Å². The monoisotopic (exact) mass is 344 g/mol. The topological polar surface area (TPSA) is 51.0 Å². The number of amides is 1. The summed E-state index contributed by atoms with van der Waals surface area (Å²) in [4.78, 5) is 14.4. The number of carbonyl (C=O) groups is 1. The van der Waals surface area contributed by atoms with E-state index in [-0.39, 0.29) is 5.91 Å². The molecule has 2 aromatic rings. The minimum atomic E-state index is 0.177. The zero-order valence-electron chi connectivity index (χ0n) is 14.3. The van der Waals surface area contributed by atoms with Gasteiger partial charge < -0.3 is 9.47 Å². The van der Waals surface area contributed by atoms with Crippen LogP contribution in [0.2, 0.25) is 0 Å². The number of nitrogens with zero attached hydrogens (tertiary/aromatic N) is 4. The fourth-order valence-corrected chi connectivity index (χ4v) is 4.01. The second-order valence-electron chi connectivity index (χ2n) is 6.32. The van der Waals surface area contributed by atoms with Crippen LogP contribution in [0.15, 0.2) is 35.5 Å². The molecule has 1 aromatic carbocycles. The van der Waals surface area contributed by atoms with Crippen LogP contribution >= 0.6 is 11.8 Å². The van der Waals surface area contributed by atoms with Crippen LogP contribution in [0.4, 0.5) is 0 Å². The van der Waals surface area contributed by atoms with Gasteiger partial charge in [-0.05, 0) is 12.8 Å². The van der Waals surface area contributed by atoms with Crippen molar-refractivity contribution in [2.45, 2.75) is 43.3 Å². The van der Waals surface area contributed by atoms with E-state index in [1.165, 1.54) is 31.0 Å². The highest BCUT2D eigenvalue weighted by Crippen LogP contribution is 2.25. The number of aromatic nitrogens is 3. The van der Waals surface area contributed by atoms with Crippen molar-refractivity contribution in [3.63, 3.8) is 0 Å². The Hall–Kier alpha value is -1.82. The van der Waals surface area contributed by atoms with Gasteiger partial charge in [0.15, 0.2) is 11.0 Å². The average Bonchev–Trinajstić information content (AvgIpc) is 3.01. The Labute approximate surface area is 147 Å². The lowest BCUT2D eigenvalue weighted by molar-refractivity contribution is -0.129. The molecule has 1 aliphatic carbocycles. The number of thioether (sulfide) groups is 1. The van der Waals surface area contributed by atoms with Crippen LogP contribution < -0.4 is 0 Å². The third-order valence-corrected chi connectivity index (χ3v) is 5.71. The van der Waals surface area contributed by atoms with Gasteiger partial charge in [-0.3, -0.25) is 4.79 Å². The van der Waals surface area contributed by atoms with Crippen molar-refractivity contribution in [2.75, 3.05) is 12.8 Å². The molecule has 1 aromatic heterocycles. The maximum Gasteiger partial charge on any atom is 0.233 e. The fraction of sp³-hybridized carbons (Fsp3) is 0.500. The Bertz CT molecular complexity index is 680. The van der Waals surface area contributed by atoms with Crippen molar-refractivity contribution in [1.29, 1.82) is 0 Å². The average molecular weight is 344 g/mol. The van der Waals surface area contributed by atoms with Crippen molar-refractivity contribution < 1.29 is 4.79 Å². The first-order valence-electron chi connectivity index (χ1n) is 8.50. The molecule has 128 valence electrons. The molecule has 0 spiro atoms. The highest BCUT2D eigenvalue weighted by Gasteiger charge is 2.22. The van der Waals surface area contributed by atoms with Crippen molar-refractivity contribution in [3.8, 4) is 11.4 Å². The first-order chi connectivity index (χ1) is 11.7. The zero-order valence-corrected chi connectivity index (χ0v) is 15.1. The van der Waals surface area contributed by atoms with Gasteiger partial charge in [0.05, 0.1) is 5.75 Å². The second kappa shape index (κ2) is 7.83.